The van der Waals surface area contributed by atoms with E-state index < -0.39 is 0 Å². The van der Waals surface area contributed by atoms with Crippen LogP contribution >= 0.6 is 11.6 Å². The first kappa shape index (κ1) is 14.4. The predicted molar refractivity (Wildman–Crippen MR) is 80.8 cm³/mol. The van der Waals surface area contributed by atoms with Crippen LogP contribution in [0.2, 0.25) is 0 Å². The fourth-order valence-electron chi connectivity index (χ4n) is 2.41. The van der Waals surface area contributed by atoms with E-state index in [1.165, 1.54) is 0 Å². The van der Waals surface area contributed by atoms with E-state index in [1.54, 1.807) is 0 Å². The highest BCUT2D eigenvalue weighted by Gasteiger charge is 2.16. The Balaban J connectivity index is 2.28. The van der Waals surface area contributed by atoms with Crippen molar-refractivity contribution in [3.8, 4) is 6.07 Å². The second kappa shape index (κ2) is 5.98. The van der Waals surface area contributed by atoms with Crippen LogP contribution < -0.4 is 4.90 Å². The molecule has 2 aromatic rings. The average Bonchev–Trinajstić information content (AvgIpc) is 2.72. The van der Waals surface area contributed by atoms with E-state index >= 15 is 0 Å². The third-order valence-corrected chi connectivity index (χ3v) is 3.55. The third-order valence-electron chi connectivity index (χ3n) is 3.28. The SMILES string of the molecule is Cc1nn(C)c(N(C)Cc2cccc(C#N)c2)c1CCl. The largest absolute Gasteiger partial charge is 0.355 e. The van der Waals surface area contributed by atoms with E-state index in [-0.39, 0.29) is 0 Å². The topological polar surface area (TPSA) is 44.9 Å². The summed E-state index contributed by atoms with van der Waals surface area (Å²) in [5.74, 6) is 1.46. The molecule has 0 saturated carbocycles. The Morgan fingerprint density at radius 1 is 1.45 bits per heavy atom. The summed E-state index contributed by atoms with van der Waals surface area (Å²) >= 11 is 6.02. The standard InChI is InChI=1S/C15H17ClN4/c1-11-14(8-16)15(20(3)18-11)19(2)10-13-6-4-5-12(7-13)9-17/h4-7H,8,10H2,1-3H3. The van der Waals surface area contributed by atoms with Crippen LogP contribution in [0.5, 0.6) is 0 Å². The molecule has 0 spiro atoms. The van der Waals surface area contributed by atoms with Crippen LogP contribution in [0, 0.1) is 18.3 Å². The normalized spacial score (nSPS) is 10.3. The number of alkyl halides is 1. The summed E-state index contributed by atoms with van der Waals surface area (Å²) in [5.41, 5.74) is 3.77. The molecule has 1 heterocycles. The van der Waals surface area contributed by atoms with Gasteiger partial charge in [0.05, 0.1) is 23.2 Å². The van der Waals surface area contributed by atoms with Gasteiger partial charge in [0.1, 0.15) is 5.82 Å². The number of rotatable bonds is 4. The molecule has 0 aliphatic heterocycles. The lowest BCUT2D eigenvalue weighted by Crippen LogP contribution is -2.20. The van der Waals surface area contributed by atoms with Crippen molar-refractivity contribution >= 4 is 17.4 Å². The predicted octanol–water partition coefficient (Wildman–Crippen LogP) is 2.98. The van der Waals surface area contributed by atoms with E-state index in [0.717, 1.165) is 22.6 Å². The lowest BCUT2D eigenvalue weighted by atomic mass is 10.1. The van der Waals surface area contributed by atoms with Gasteiger partial charge in [-0.15, -0.1) is 11.6 Å². The molecule has 1 aromatic heterocycles. The van der Waals surface area contributed by atoms with Crippen molar-refractivity contribution in [2.24, 2.45) is 7.05 Å². The molecule has 104 valence electrons. The quantitative estimate of drug-likeness (QED) is 0.813. The average molecular weight is 289 g/mol. The van der Waals surface area contributed by atoms with Crippen LogP contribution in [0.15, 0.2) is 24.3 Å². The number of hydrogen-bond donors (Lipinski definition) is 0. The van der Waals surface area contributed by atoms with Crippen LogP contribution in [0.1, 0.15) is 22.4 Å². The van der Waals surface area contributed by atoms with Crippen LogP contribution in [0.4, 0.5) is 5.82 Å². The van der Waals surface area contributed by atoms with Crippen LogP contribution in [-0.2, 0) is 19.5 Å². The number of nitriles is 1. The van der Waals surface area contributed by atoms with E-state index in [1.807, 2.05) is 50.0 Å². The number of halogens is 1. The molecule has 1 aromatic carbocycles. The molecule has 0 N–H and O–H groups in total. The maximum atomic E-state index is 8.95. The first-order valence-corrected chi connectivity index (χ1v) is 6.89. The van der Waals surface area contributed by atoms with Gasteiger partial charge in [0.25, 0.3) is 0 Å². The van der Waals surface area contributed by atoms with Gasteiger partial charge < -0.3 is 4.90 Å². The van der Waals surface area contributed by atoms with E-state index in [4.69, 9.17) is 16.9 Å². The molecule has 4 nitrogen and oxygen atoms in total. The second-order valence-corrected chi connectivity index (χ2v) is 5.08. The summed E-state index contributed by atoms with van der Waals surface area (Å²) in [6.07, 6.45) is 0. The molecule has 0 atom stereocenters. The molecule has 0 amide bonds. The molecular weight excluding hydrogens is 272 g/mol. The molecule has 20 heavy (non-hydrogen) atoms. The van der Waals surface area contributed by atoms with Gasteiger partial charge in [0.2, 0.25) is 0 Å². The van der Waals surface area contributed by atoms with Crippen molar-refractivity contribution in [2.45, 2.75) is 19.3 Å². The van der Waals surface area contributed by atoms with Crippen LogP contribution in [-0.4, -0.2) is 16.8 Å². The smallest absolute Gasteiger partial charge is 0.131 e. The zero-order valence-corrected chi connectivity index (χ0v) is 12.6. The molecule has 0 unspecified atom stereocenters. The molecule has 0 bridgehead atoms. The number of hydrogen-bond acceptors (Lipinski definition) is 3. The Hall–Kier alpha value is -1.99. The number of nitrogens with zero attached hydrogens (tertiary/aromatic N) is 4. The molecule has 0 aliphatic carbocycles. The Morgan fingerprint density at radius 3 is 2.85 bits per heavy atom. The lowest BCUT2D eigenvalue weighted by Gasteiger charge is -2.21. The highest BCUT2D eigenvalue weighted by molar-refractivity contribution is 6.17. The monoisotopic (exact) mass is 288 g/mol. The van der Waals surface area contributed by atoms with Crippen molar-refractivity contribution in [1.29, 1.82) is 5.26 Å². The Kier molecular flexibility index (Phi) is 4.31. The number of anilines is 1. The molecule has 5 heteroatoms. The van der Waals surface area contributed by atoms with E-state index in [0.29, 0.717) is 18.0 Å². The summed E-state index contributed by atoms with van der Waals surface area (Å²) in [6, 6.07) is 9.79. The maximum absolute atomic E-state index is 8.95. The van der Waals surface area contributed by atoms with Gasteiger partial charge >= 0.3 is 0 Å². The molecular formula is C15H17ClN4. The number of benzene rings is 1. The minimum absolute atomic E-state index is 0.442. The van der Waals surface area contributed by atoms with Gasteiger partial charge in [0, 0.05) is 26.2 Å². The fraction of sp³-hybridized carbons (Fsp3) is 0.333. The summed E-state index contributed by atoms with van der Waals surface area (Å²) in [5, 5.41) is 13.4. The summed E-state index contributed by atoms with van der Waals surface area (Å²) < 4.78 is 1.85. The van der Waals surface area contributed by atoms with Crippen molar-refractivity contribution in [1.82, 2.24) is 9.78 Å². The van der Waals surface area contributed by atoms with Crippen LogP contribution in [0.3, 0.4) is 0 Å². The number of aryl methyl sites for hydroxylation is 2. The molecule has 0 aliphatic rings. The van der Waals surface area contributed by atoms with Gasteiger partial charge in [-0.3, -0.25) is 4.68 Å². The minimum atomic E-state index is 0.442. The van der Waals surface area contributed by atoms with Gasteiger partial charge in [0.15, 0.2) is 0 Å². The maximum Gasteiger partial charge on any atom is 0.131 e. The first-order valence-electron chi connectivity index (χ1n) is 6.35. The fourth-order valence-corrected chi connectivity index (χ4v) is 2.72. The molecule has 2 rings (SSSR count). The van der Waals surface area contributed by atoms with E-state index in [2.05, 4.69) is 16.1 Å². The molecule has 0 fully saturated rings. The van der Waals surface area contributed by atoms with Crippen molar-refractivity contribution in [3.63, 3.8) is 0 Å². The number of aromatic nitrogens is 2. The first-order chi connectivity index (χ1) is 9.56. The highest BCUT2D eigenvalue weighted by Crippen LogP contribution is 2.25. The minimum Gasteiger partial charge on any atom is -0.355 e. The zero-order chi connectivity index (χ0) is 14.7. The van der Waals surface area contributed by atoms with Gasteiger partial charge in [-0.1, -0.05) is 12.1 Å². The zero-order valence-electron chi connectivity index (χ0n) is 11.9. The van der Waals surface area contributed by atoms with Crippen molar-refractivity contribution in [2.75, 3.05) is 11.9 Å². The van der Waals surface area contributed by atoms with E-state index in [9.17, 15) is 0 Å². The van der Waals surface area contributed by atoms with Crippen molar-refractivity contribution in [3.05, 3.63) is 46.6 Å². The Bertz CT molecular complexity index is 654. The van der Waals surface area contributed by atoms with Crippen LogP contribution in [0.25, 0.3) is 0 Å². The Morgan fingerprint density at radius 2 is 2.20 bits per heavy atom. The molecule has 0 radical (unpaired) electrons. The highest BCUT2D eigenvalue weighted by atomic mass is 35.5. The summed E-state index contributed by atoms with van der Waals surface area (Å²) in [7, 11) is 3.92. The molecule has 0 saturated heterocycles. The summed E-state index contributed by atoms with van der Waals surface area (Å²) in [6.45, 7) is 2.67. The second-order valence-electron chi connectivity index (χ2n) is 4.81. The lowest BCUT2D eigenvalue weighted by molar-refractivity contribution is 0.726. The van der Waals surface area contributed by atoms with Gasteiger partial charge in [-0.25, -0.2) is 0 Å². The van der Waals surface area contributed by atoms with Gasteiger partial charge in [-0.2, -0.15) is 10.4 Å². The van der Waals surface area contributed by atoms with Gasteiger partial charge in [-0.05, 0) is 24.6 Å². The third kappa shape index (κ3) is 2.78. The Labute approximate surface area is 124 Å². The van der Waals surface area contributed by atoms with Crippen molar-refractivity contribution < 1.29 is 0 Å². The summed E-state index contributed by atoms with van der Waals surface area (Å²) in [4.78, 5) is 2.11.